The number of nitrogens with one attached hydrogen (secondary N) is 1. The molecule has 0 atom stereocenters. The SMILES string of the molecule is O=C(CN1CCN(C(=O)Cc2cccs2)CC1)NCc1ccccc1. The molecule has 1 aliphatic rings. The Bertz CT molecular complexity index is 680. The van der Waals surface area contributed by atoms with Gasteiger partial charge in [-0.15, -0.1) is 11.3 Å². The first-order valence-electron chi connectivity index (χ1n) is 8.54. The number of nitrogens with zero attached hydrogens (tertiary/aromatic N) is 2. The van der Waals surface area contributed by atoms with Gasteiger partial charge in [-0.3, -0.25) is 14.5 Å². The molecule has 2 aromatic rings. The Morgan fingerprint density at radius 2 is 1.76 bits per heavy atom. The second-order valence-corrected chi connectivity index (χ2v) is 7.21. The number of carbonyl (C=O) groups excluding carboxylic acids is 2. The third-order valence-corrected chi connectivity index (χ3v) is 5.21. The number of hydrogen-bond acceptors (Lipinski definition) is 4. The molecule has 3 rings (SSSR count). The summed E-state index contributed by atoms with van der Waals surface area (Å²) < 4.78 is 0. The molecule has 5 nitrogen and oxygen atoms in total. The van der Waals surface area contributed by atoms with Crippen molar-refractivity contribution < 1.29 is 9.59 Å². The number of piperazine rings is 1. The molecule has 132 valence electrons. The molecule has 0 aliphatic carbocycles. The molecule has 25 heavy (non-hydrogen) atoms. The van der Waals surface area contributed by atoms with E-state index < -0.39 is 0 Å². The third kappa shape index (κ3) is 5.41. The van der Waals surface area contributed by atoms with Gasteiger partial charge in [-0.2, -0.15) is 0 Å². The van der Waals surface area contributed by atoms with Crippen LogP contribution in [-0.2, 0) is 22.6 Å². The van der Waals surface area contributed by atoms with Crippen LogP contribution in [0.3, 0.4) is 0 Å². The summed E-state index contributed by atoms with van der Waals surface area (Å²) in [6.45, 7) is 3.81. The highest BCUT2D eigenvalue weighted by Gasteiger charge is 2.22. The van der Waals surface area contributed by atoms with E-state index in [1.54, 1.807) is 11.3 Å². The molecular formula is C19H23N3O2S. The van der Waals surface area contributed by atoms with Crippen molar-refractivity contribution in [2.24, 2.45) is 0 Å². The average Bonchev–Trinajstić information content (AvgIpc) is 3.14. The number of benzene rings is 1. The van der Waals surface area contributed by atoms with E-state index >= 15 is 0 Å². The zero-order valence-electron chi connectivity index (χ0n) is 14.2. The lowest BCUT2D eigenvalue weighted by atomic mass is 10.2. The maximum Gasteiger partial charge on any atom is 0.234 e. The lowest BCUT2D eigenvalue weighted by Gasteiger charge is -2.34. The van der Waals surface area contributed by atoms with Crippen LogP contribution in [0.4, 0.5) is 0 Å². The highest BCUT2D eigenvalue weighted by atomic mass is 32.1. The van der Waals surface area contributed by atoms with Gasteiger partial charge in [0.2, 0.25) is 11.8 Å². The quantitative estimate of drug-likeness (QED) is 0.857. The van der Waals surface area contributed by atoms with Gasteiger partial charge in [0.1, 0.15) is 0 Å². The molecule has 2 amide bonds. The van der Waals surface area contributed by atoms with Gasteiger partial charge in [0, 0.05) is 37.6 Å². The summed E-state index contributed by atoms with van der Waals surface area (Å²) in [5.41, 5.74) is 1.10. The number of rotatable bonds is 6. The first-order valence-corrected chi connectivity index (χ1v) is 9.42. The lowest BCUT2D eigenvalue weighted by Crippen LogP contribution is -2.51. The van der Waals surface area contributed by atoms with Crippen LogP contribution in [0.15, 0.2) is 47.8 Å². The third-order valence-electron chi connectivity index (χ3n) is 4.33. The molecule has 0 unspecified atom stereocenters. The fourth-order valence-electron chi connectivity index (χ4n) is 2.88. The smallest absolute Gasteiger partial charge is 0.234 e. The molecule has 1 saturated heterocycles. The van der Waals surface area contributed by atoms with Gasteiger partial charge in [0.05, 0.1) is 13.0 Å². The molecule has 6 heteroatoms. The van der Waals surface area contributed by atoms with Gasteiger partial charge < -0.3 is 10.2 Å². The van der Waals surface area contributed by atoms with Crippen molar-refractivity contribution in [1.82, 2.24) is 15.1 Å². The van der Waals surface area contributed by atoms with E-state index in [1.807, 2.05) is 52.7 Å². The van der Waals surface area contributed by atoms with Crippen molar-refractivity contribution >= 4 is 23.2 Å². The van der Waals surface area contributed by atoms with Gasteiger partial charge in [-0.05, 0) is 17.0 Å². The van der Waals surface area contributed by atoms with Crippen molar-refractivity contribution in [2.75, 3.05) is 32.7 Å². The van der Waals surface area contributed by atoms with Crippen LogP contribution in [0.25, 0.3) is 0 Å². The highest BCUT2D eigenvalue weighted by molar-refractivity contribution is 7.10. The molecule has 0 spiro atoms. The molecule has 0 radical (unpaired) electrons. The van der Waals surface area contributed by atoms with E-state index in [0.29, 0.717) is 32.6 Å². The predicted molar refractivity (Wildman–Crippen MR) is 99.3 cm³/mol. The van der Waals surface area contributed by atoms with E-state index in [0.717, 1.165) is 23.5 Å². The predicted octanol–water partition coefficient (Wildman–Crippen LogP) is 1.75. The number of amides is 2. The minimum atomic E-state index is 0.0298. The lowest BCUT2D eigenvalue weighted by molar-refractivity contribution is -0.132. The fraction of sp³-hybridized carbons (Fsp3) is 0.368. The maximum absolute atomic E-state index is 12.3. The standard InChI is InChI=1S/C19H23N3O2S/c23-18(20-14-16-5-2-1-3-6-16)15-21-8-10-22(11-9-21)19(24)13-17-7-4-12-25-17/h1-7,12H,8-11,13-15H2,(H,20,23). The largest absolute Gasteiger partial charge is 0.351 e. The highest BCUT2D eigenvalue weighted by Crippen LogP contribution is 2.12. The van der Waals surface area contributed by atoms with Crippen molar-refractivity contribution in [1.29, 1.82) is 0 Å². The molecule has 2 heterocycles. The Morgan fingerprint density at radius 3 is 2.44 bits per heavy atom. The van der Waals surface area contributed by atoms with E-state index in [-0.39, 0.29) is 11.8 Å². The monoisotopic (exact) mass is 357 g/mol. The van der Waals surface area contributed by atoms with Crippen molar-refractivity contribution in [2.45, 2.75) is 13.0 Å². The Kier molecular flexibility index (Phi) is 6.19. The Labute approximate surface area is 152 Å². The van der Waals surface area contributed by atoms with E-state index in [4.69, 9.17) is 0 Å². The average molecular weight is 357 g/mol. The van der Waals surface area contributed by atoms with Crippen LogP contribution in [-0.4, -0.2) is 54.3 Å². The molecule has 1 aromatic carbocycles. The van der Waals surface area contributed by atoms with Crippen LogP contribution < -0.4 is 5.32 Å². The molecule has 1 fully saturated rings. The van der Waals surface area contributed by atoms with Crippen molar-refractivity contribution in [3.8, 4) is 0 Å². The minimum absolute atomic E-state index is 0.0298. The fourth-order valence-corrected chi connectivity index (χ4v) is 3.58. The number of thiophene rings is 1. The van der Waals surface area contributed by atoms with Crippen LogP contribution >= 0.6 is 11.3 Å². The summed E-state index contributed by atoms with van der Waals surface area (Å²) in [7, 11) is 0. The van der Waals surface area contributed by atoms with Crippen LogP contribution in [0.2, 0.25) is 0 Å². The maximum atomic E-state index is 12.3. The summed E-state index contributed by atoms with van der Waals surface area (Å²) >= 11 is 1.62. The van der Waals surface area contributed by atoms with E-state index in [2.05, 4.69) is 10.2 Å². The molecule has 1 aliphatic heterocycles. The van der Waals surface area contributed by atoms with E-state index in [1.165, 1.54) is 0 Å². The first kappa shape index (κ1) is 17.6. The number of hydrogen-bond donors (Lipinski definition) is 1. The van der Waals surface area contributed by atoms with Gasteiger partial charge in [0.15, 0.2) is 0 Å². The van der Waals surface area contributed by atoms with E-state index in [9.17, 15) is 9.59 Å². The minimum Gasteiger partial charge on any atom is -0.351 e. The van der Waals surface area contributed by atoms with Gasteiger partial charge in [0.25, 0.3) is 0 Å². The topological polar surface area (TPSA) is 52.7 Å². The summed E-state index contributed by atoms with van der Waals surface area (Å²) in [5.74, 6) is 0.206. The van der Waals surface area contributed by atoms with Crippen LogP contribution in [0.1, 0.15) is 10.4 Å². The normalized spacial score (nSPS) is 15.1. The zero-order chi connectivity index (χ0) is 17.5. The molecule has 0 bridgehead atoms. The summed E-state index contributed by atoms with van der Waals surface area (Å²) in [6, 6.07) is 13.9. The van der Waals surface area contributed by atoms with Gasteiger partial charge >= 0.3 is 0 Å². The summed E-state index contributed by atoms with van der Waals surface area (Å²) in [5, 5.41) is 4.94. The molecule has 0 saturated carbocycles. The molecule has 1 N–H and O–H groups in total. The Hall–Kier alpha value is -2.18. The Morgan fingerprint density at radius 1 is 1.00 bits per heavy atom. The summed E-state index contributed by atoms with van der Waals surface area (Å²) in [4.78, 5) is 29.5. The number of carbonyl (C=O) groups is 2. The van der Waals surface area contributed by atoms with Crippen molar-refractivity contribution in [3.05, 3.63) is 58.3 Å². The molecule has 1 aromatic heterocycles. The van der Waals surface area contributed by atoms with Gasteiger partial charge in [-0.25, -0.2) is 0 Å². The second-order valence-electron chi connectivity index (χ2n) is 6.18. The Balaban J connectivity index is 1.37. The van der Waals surface area contributed by atoms with Crippen LogP contribution in [0, 0.1) is 0 Å². The summed E-state index contributed by atoms with van der Waals surface area (Å²) in [6.07, 6.45) is 0.481. The zero-order valence-corrected chi connectivity index (χ0v) is 15.0. The van der Waals surface area contributed by atoms with Crippen molar-refractivity contribution in [3.63, 3.8) is 0 Å². The van der Waals surface area contributed by atoms with Crippen LogP contribution in [0.5, 0.6) is 0 Å². The molecular weight excluding hydrogens is 334 g/mol. The second kappa shape index (κ2) is 8.78. The first-order chi connectivity index (χ1) is 12.2. The van der Waals surface area contributed by atoms with Gasteiger partial charge in [-0.1, -0.05) is 36.4 Å².